The third kappa shape index (κ3) is 4.13. The number of hydrogen-bond acceptors (Lipinski definition) is 6. The van der Waals surface area contributed by atoms with Crippen LogP contribution in [0, 0.1) is 6.92 Å². The average Bonchev–Trinajstić information content (AvgIpc) is 3.24. The molecule has 0 radical (unpaired) electrons. The number of nitrogens with one attached hydrogen (secondary N) is 2. The van der Waals surface area contributed by atoms with Gasteiger partial charge in [-0.15, -0.1) is 0 Å². The van der Waals surface area contributed by atoms with Crippen LogP contribution in [-0.2, 0) is 19.6 Å². The lowest BCUT2D eigenvalue weighted by molar-refractivity contribution is -0.119. The van der Waals surface area contributed by atoms with Crippen LogP contribution in [0.15, 0.2) is 35.2 Å². The highest BCUT2D eigenvalue weighted by Crippen LogP contribution is 2.36. The van der Waals surface area contributed by atoms with Gasteiger partial charge >= 0.3 is 0 Å². The van der Waals surface area contributed by atoms with Gasteiger partial charge in [0.25, 0.3) is 5.91 Å². The molecule has 170 valence electrons. The van der Waals surface area contributed by atoms with Crippen LogP contribution in [0.1, 0.15) is 18.4 Å². The van der Waals surface area contributed by atoms with Gasteiger partial charge in [0, 0.05) is 18.3 Å². The number of amides is 2. The fraction of sp³-hybridized carbons (Fsp3) is 0.333. The molecule has 32 heavy (non-hydrogen) atoms. The van der Waals surface area contributed by atoms with Gasteiger partial charge in [-0.1, -0.05) is 11.6 Å². The first-order valence-corrected chi connectivity index (χ1v) is 11.8. The Balaban J connectivity index is 1.59. The maximum absolute atomic E-state index is 13.5. The number of methoxy groups -OCH3 is 1. The smallest absolute Gasteiger partial charge is 0.262 e. The van der Waals surface area contributed by atoms with Crippen molar-refractivity contribution in [2.75, 3.05) is 30.9 Å². The third-order valence-corrected chi connectivity index (χ3v) is 7.77. The Morgan fingerprint density at radius 1 is 1.31 bits per heavy atom. The predicted octanol–water partition coefficient (Wildman–Crippen LogP) is 2.78. The van der Waals surface area contributed by atoms with Gasteiger partial charge < -0.3 is 20.1 Å². The van der Waals surface area contributed by atoms with E-state index in [0.717, 1.165) is 0 Å². The predicted molar refractivity (Wildman–Crippen MR) is 119 cm³/mol. The van der Waals surface area contributed by atoms with Crippen LogP contribution in [0.5, 0.6) is 11.5 Å². The van der Waals surface area contributed by atoms with Gasteiger partial charge in [0.05, 0.1) is 22.7 Å². The van der Waals surface area contributed by atoms with Crippen molar-refractivity contribution in [1.82, 2.24) is 4.31 Å². The summed E-state index contributed by atoms with van der Waals surface area (Å²) in [5, 5.41) is 5.73. The molecule has 2 aromatic carbocycles. The molecule has 1 saturated heterocycles. The molecule has 2 aliphatic rings. The summed E-state index contributed by atoms with van der Waals surface area (Å²) in [6.07, 6.45) is 0.947. The molecule has 11 heteroatoms. The van der Waals surface area contributed by atoms with Gasteiger partial charge in [0.15, 0.2) is 6.61 Å². The van der Waals surface area contributed by atoms with Crippen molar-refractivity contribution in [2.24, 2.45) is 0 Å². The average molecular weight is 480 g/mol. The Morgan fingerprint density at radius 3 is 2.81 bits per heavy atom. The summed E-state index contributed by atoms with van der Waals surface area (Å²) in [5.41, 5.74) is 1.31. The van der Waals surface area contributed by atoms with Crippen LogP contribution in [0.3, 0.4) is 0 Å². The minimum Gasteiger partial charge on any atom is -0.495 e. The van der Waals surface area contributed by atoms with Crippen LogP contribution in [0.25, 0.3) is 0 Å². The van der Waals surface area contributed by atoms with Crippen LogP contribution in [0.4, 0.5) is 11.4 Å². The molecule has 2 aromatic rings. The summed E-state index contributed by atoms with van der Waals surface area (Å²) in [4.78, 5) is 24.5. The van der Waals surface area contributed by atoms with Crippen molar-refractivity contribution < 1.29 is 27.5 Å². The number of ether oxygens (including phenoxy) is 2. The van der Waals surface area contributed by atoms with E-state index >= 15 is 0 Å². The first-order valence-electron chi connectivity index (χ1n) is 9.94. The van der Waals surface area contributed by atoms with Crippen LogP contribution >= 0.6 is 11.6 Å². The number of anilines is 2. The van der Waals surface area contributed by atoms with E-state index in [1.807, 2.05) is 0 Å². The molecule has 0 spiro atoms. The van der Waals surface area contributed by atoms with E-state index in [-0.39, 0.29) is 29.7 Å². The number of sulfonamides is 1. The topological polar surface area (TPSA) is 114 Å². The van der Waals surface area contributed by atoms with E-state index in [2.05, 4.69) is 10.6 Å². The molecule has 0 unspecified atom stereocenters. The number of halogens is 1. The van der Waals surface area contributed by atoms with Crippen molar-refractivity contribution in [3.05, 3.63) is 40.9 Å². The molecule has 2 aliphatic heterocycles. The lowest BCUT2D eigenvalue weighted by Gasteiger charge is -2.26. The SMILES string of the molecule is COc1ccc(NC(=O)[C@@H]2CCCN2S(=O)(=O)c2cc3c(cc2C)NC(=O)CO3)cc1Cl. The zero-order valence-electron chi connectivity index (χ0n) is 17.5. The fourth-order valence-electron chi connectivity index (χ4n) is 3.88. The summed E-state index contributed by atoms with van der Waals surface area (Å²) >= 11 is 6.12. The fourth-order valence-corrected chi connectivity index (χ4v) is 6.02. The zero-order valence-corrected chi connectivity index (χ0v) is 19.0. The van der Waals surface area contributed by atoms with E-state index in [0.29, 0.717) is 40.6 Å². The number of carbonyl (C=O) groups is 2. The number of rotatable bonds is 5. The molecule has 2 amide bonds. The minimum atomic E-state index is -3.99. The van der Waals surface area contributed by atoms with Gasteiger partial charge in [-0.05, 0) is 49.6 Å². The first kappa shape index (κ1) is 22.4. The second-order valence-electron chi connectivity index (χ2n) is 7.56. The monoisotopic (exact) mass is 479 g/mol. The highest BCUT2D eigenvalue weighted by Gasteiger charge is 2.40. The quantitative estimate of drug-likeness (QED) is 0.681. The van der Waals surface area contributed by atoms with Crippen LogP contribution in [-0.4, -0.2) is 50.8 Å². The summed E-state index contributed by atoms with van der Waals surface area (Å²) < 4.78 is 38.6. The minimum absolute atomic E-state index is 0.0413. The molecule has 0 saturated carbocycles. The van der Waals surface area contributed by atoms with Crippen molar-refractivity contribution in [3.63, 3.8) is 0 Å². The molecular formula is C21H22ClN3O6S. The lowest BCUT2D eigenvalue weighted by atomic mass is 10.2. The molecule has 1 atom stereocenters. The van der Waals surface area contributed by atoms with Crippen molar-refractivity contribution in [2.45, 2.75) is 30.7 Å². The van der Waals surface area contributed by atoms with Gasteiger partial charge in [-0.2, -0.15) is 4.31 Å². The Morgan fingerprint density at radius 2 is 2.09 bits per heavy atom. The third-order valence-electron chi connectivity index (χ3n) is 5.42. The summed E-state index contributed by atoms with van der Waals surface area (Å²) in [6.45, 7) is 1.67. The van der Waals surface area contributed by atoms with E-state index in [9.17, 15) is 18.0 Å². The Labute approximate surface area is 190 Å². The van der Waals surface area contributed by atoms with Crippen molar-refractivity contribution >= 4 is 44.8 Å². The van der Waals surface area contributed by atoms with Gasteiger partial charge in [-0.25, -0.2) is 8.42 Å². The second kappa shape index (κ2) is 8.61. The van der Waals surface area contributed by atoms with Crippen molar-refractivity contribution in [1.29, 1.82) is 0 Å². The molecule has 0 aromatic heterocycles. The summed E-state index contributed by atoms with van der Waals surface area (Å²) in [6, 6.07) is 6.90. The first-order chi connectivity index (χ1) is 15.2. The van der Waals surface area contributed by atoms with Gasteiger partial charge in [0.2, 0.25) is 15.9 Å². The van der Waals surface area contributed by atoms with E-state index in [1.54, 1.807) is 31.2 Å². The molecule has 2 heterocycles. The zero-order chi connectivity index (χ0) is 23.0. The molecule has 9 nitrogen and oxygen atoms in total. The molecular weight excluding hydrogens is 458 g/mol. The molecule has 0 aliphatic carbocycles. The molecule has 0 bridgehead atoms. The highest BCUT2D eigenvalue weighted by molar-refractivity contribution is 7.89. The van der Waals surface area contributed by atoms with Crippen LogP contribution < -0.4 is 20.1 Å². The maximum Gasteiger partial charge on any atom is 0.262 e. The number of hydrogen-bond donors (Lipinski definition) is 2. The van der Waals surface area contributed by atoms with Crippen molar-refractivity contribution in [3.8, 4) is 11.5 Å². The number of nitrogens with zero attached hydrogens (tertiary/aromatic N) is 1. The standard InChI is InChI=1S/C21H22ClN3O6S/c1-12-8-15-18(31-11-20(26)24-15)10-19(12)32(28,29)25-7-3-4-16(25)21(27)23-13-5-6-17(30-2)14(22)9-13/h5-6,8-10,16H,3-4,7,11H2,1-2H3,(H,23,27)(H,24,26)/t16-/m0/s1. The highest BCUT2D eigenvalue weighted by atomic mass is 35.5. The summed E-state index contributed by atoms with van der Waals surface area (Å²) in [7, 11) is -2.50. The van der Waals surface area contributed by atoms with E-state index < -0.39 is 22.0 Å². The molecule has 4 rings (SSSR count). The maximum atomic E-state index is 13.5. The number of carbonyl (C=O) groups excluding carboxylic acids is 2. The number of benzene rings is 2. The van der Waals surface area contributed by atoms with E-state index in [4.69, 9.17) is 21.1 Å². The number of fused-ring (bicyclic) bond motifs is 1. The Kier molecular flexibility index (Phi) is 6.02. The van der Waals surface area contributed by atoms with Gasteiger partial charge in [-0.3, -0.25) is 9.59 Å². The molecule has 2 N–H and O–H groups in total. The van der Waals surface area contributed by atoms with Crippen LogP contribution in [0.2, 0.25) is 5.02 Å². The second-order valence-corrected chi connectivity index (χ2v) is 9.83. The largest absolute Gasteiger partial charge is 0.495 e. The van der Waals surface area contributed by atoms with Gasteiger partial charge in [0.1, 0.15) is 17.5 Å². The Bertz CT molecular complexity index is 1200. The summed E-state index contributed by atoms with van der Waals surface area (Å²) in [5.74, 6) is 0.00623. The normalized spacial score (nSPS) is 18.5. The Hall–Kier alpha value is -2.82. The lowest BCUT2D eigenvalue weighted by Crippen LogP contribution is -2.43. The van der Waals surface area contributed by atoms with E-state index in [1.165, 1.54) is 17.5 Å². The number of aryl methyl sites for hydroxylation is 1. The molecule has 1 fully saturated rings.